The molecule has 2 N–H and O–H groups in total. The van der Waals surface area contributed by atoms with Crippen molar-refractivity contribution in [2.75, 3.05) is 20.1 Å². The average Bonchev–Trinajstić information content (AvgIpc) is 2.99. The summed E-state index contributed by atoms with van der Waals surface area (Å²) >= 11 is 0. The Morgan fingerprint density at radius 3 is 2.70 bits per heavy atom. The summed E-state index contributed by atoms with van der Waals surface area (Å²) in [6, 6.07) is 9.74. The third kappa shape index (κ3) is 4.20. The van der Waals surface area contributed by atoms with Crippen LogP contribution >= 0.6 is 0 Å². The molecule has 0 fully saturated rings. The van der Waals surface area contributed by atoms with Gasteiger partial charge in [-0.15, -0.1) is 0 Å². The molecule has 106 valence electrons. The molecule has 0 atom stereocenters. The number of carbonyl (C=O) groups is 1. The number of aromatic nitrogens is 2. The van der Waals surface area contributed by atoms with E-state index in [0.717, 1.165) is 24.2 Å². The minimum atomic E-state index is 0.0629. The van der Waals surface area contributed by atoms with Crippen LogP contribution in [0.5, 0.6) is 0 Å². The Bertz CT molecular complexity index is 519. The molecule has 20 heavy (non-hydrogen) atoms. The Morgan fingerprint density at radius 1 is 1.25 bits per heavy atom. The summed E-state index contributed by atoms with van der Waals surface area (Å²) in [5.41, 5.74) is 2.00. The van der Waals surface area contributed by atoms with Crippen LogP contribution in [0.3, 0.4) is 0 Å². The van der Waals surface area contributed by atoms with Crippen molar-refractivity contribution >= 4 is 5.91 Å². The van der Waals surface area contributed by atoms with Crippen molar-refractivity contribution in [3.05, 3.63) is 48.3 Å². The summed E-state index contributed by atoms with van der Waals surface area (Å²) in [5.74, 6) is 0.0629. The van der Waals surface area contributed by atoms with Gasteiger partial charge in [0.05, 0.1) is 12.1 Å². The van der Waals surface area contributed by atoms with Crippen LogP contribution in [-0.4, -0.2) is 35.8 Å². The molecule has 0 unspecified atom stereocenters. The van der Waals surface area contributed by atoms with Crippen molar-refractivity contribution < 1.29 is 4.79 Å². The highest BCUT2D eigenvalue weighted by atomic mass is 16.1. The molecule has 1 amide bonds. The maximum absolute atomic E-state index is 11.7. The number of hydrogen-bond acceptors (Lipinski definition) is 3. The second-order valence-corrected chi connectivity index (χ2v) is 4.60. The molecule has 0 aliphatic heterocycles. The van der Waals surface area contributed by atoms with Gasteiger partial charge in [-0.1, -0.05) is 12.1 Å². The fourth-order valence-corrected chi connectivity index (χ4v) is 1.93. The maximum atomic E-state index is 11.7. The number of nitrogens with zero attached hydrogens (tertiary/aromatic N) is 2. The van der Waals surface area contributed by atoms with Crippen LogP contribution in [0, 0.1) is 0 Å². The highest BCUT2D eigenvalue weighted by molar-refractivity contribution is 5.78. The SMILES string of the molecule is CNCCCNC(=O)Cc1ccc(-n2cccn2)cc1. The van der Waals surface area contributed by atoms with Gasteiger partial charge in [-0.05, 0) is 43.8 Å². The topological polar surface area (TPSA) is 58.9 Å². The van der Waals surface area contributed by atoms with Gasteiger partial charge in [-0.25, -0.2) is 4.68 Å². The van der Waals surface area contributed by atoms with Crippen LogP contribution in [0.4, 0.5) is 0 Å². The van der Waals surface area contributed by atoms with Crippen molar-refractivity contribution in [2.45, 2.75) is 12.8 Å². The van der Waals surface area contributed by atoms with E-state index in [0.29, 0.717) is 13.0 Å². The fraction of sp³-hybridized carbons (Fsp3) is 0.333. The third-order valence-corrected chi connectivity index (χ3v) is 3.00. The Morgan fingerprint density at radius 2 is 2.05 bits per heavy atom. The quantitative estimate of drug-likeness (QED) is 0.743. The van der Waals surface area contributed by atoms with Gasteiger partial charge >= 0.3 is 0 Å². The lowest BCUT2D eigenvalue weighted by atomic mass is 10.1. The number of amides is 1. The second-order valence-electron chi connectivity index (χ2n) is 4.60. The van der Waals surface area contributed by atoms with E-state index in [2.05, 4.69) is 15.7 Å². The van der Waals surface area contributed by atoms with Crippen LogP contribution < -0.4 is 10.6 Å². The first-order chi connectivity index (χ1) is 9.79. The van der Waals surface area contributed by atoms with E-state index in [9.17, 15) is 4.79 Å². The largest absolute Gasteiger partial charge is 0.356 e. The van der Waals surface area contributed by atoms with Crippen LogP contribution in [0.15, 0.2) is 42.7 Å². The summed E-state index contributed by atoms with van der Waals surface area (Å²) in [5, 5.41) is 10.1. The molecule has 2 rings (SSSR count). The van der Waals surface area contributed by atoms with E-state index in [1.807, 2.05) is 43.6 Å². The Balaban J connectivity index is 1.83. The smallest absolute Gasteiger partial charge is 0.224 e. The standard InChI is InChI=1S/C15H20N4O/c1-16-8-2-9-17-15(20)12-13-4-6-14(7-5-13)19-11-3-10-18-19/h3-7,10-11,16H,2,8-9,12H2,1H3,(H,17,20). The number of benzene rings is 1. The van der Waals surface area contributed by atoms with Gasteiger partial charge in [0, 0.05) is 18.9 Å². The average molecular weight is 272 g/mol. The van der Waals surface area contributed by atoms with Crippen molar-refractivity contribution in [3.63, 3.8) is 0 Å². The lowest BCUT2D eigenvalue weighted by molar-refractivity contribution is -0.120. The normalized spacial score (nSPS) is 10.4. The molecule has 1 heterocycles. The molecule has 2 aromatic rings. The van der Waals surface area contributed by atoms with Crippen LogP contribution in [0.2, 0.25) is 0 Å². The molecule has 5 nitrogen and oxygen atoms in total. The molecule has 0 spiro atoms. The van der Waals surface area contributed by atoms with E-state index < -0.39 is 0 Å². The first-order valence-corrected chi connectivity index (χ1v) is 6.80. The number of rotatable bonds is 7. The molecule has 0 saturated heterocycles. The molecule has 0 aliphatic rings. The van der Waals surface area contributed by atoms with Crippen LogP contribution in [0.1, 0.15) is 12.0 Å². The fourth-order valence-electron chi connectivity index (χ4n) is 1.93. The molecular weight excluding hydrogens is 252 g/mol. The molecule has 1 aromatic carbocycles. The molecule has 5 heteroatoms. The molecule has 1 aromatic heterocycles. The van der Waals surface area contributed by atoms with E-state index in [1.54, 1.807) is 10.9 Å². The van der Waals surface area contributed by atoms with E-state index >= 15 is 0 Å². The first-order valence-electron chi connectivity index (χ1n) is 6.80. The van der Waals surface area contributed by atoms with Gasteiger partial charge in [0.2, 0.25) is 5.91 Å². The van der Waals surface area contributed by atoms with Crippen LogP contribution in [0.25, 0.3) is 5.69 Å². The van der Waals surface area contributed by atoms with Gasteiger partial charge < -0.3 is 10.6 Å². The van der Waals surface area contributed by atoms with Crippen molar-refractivity contribution in [1.29, 1.82) is 0 Å². The lowest BCUT2D eigenvalue weighted by Crippen LogP contribution is -2.27. The van der Waals surface area contributed by atoms with E-state index in [-0.39, 0.29) is 5.91 Å². The summed E-state index contributed by atoms with van der Waals surface area (Å²) in [6.45, 7) is 1.63. The lowest BCUT2D eigenvalue weighted by Gasteiger charge is -2.06. The van der Waals surface area contributed by atoms with E-state index in [1.165, 1.54) is 0 Å². The molecule has 0 bridgehead atoms. The van der Waals surface area contributed by atoms with Crippen molar-refractivity contribution in [2.24, 2.45) is 0 Å². The predicted octanol–water partition coefficient (Wildman–Crippen LogP) is 1.14. The first kappa shape index (κ1) is 14.3. The van der Waals surface area contributed by atoms with Crippen molar-refractivity contribution in [1.82, 2.24) is 20.4 Å². The zero-order chi connectivity index (χ0) is 14.2. The Labute approximate surface area is 119 Å². The second kappa shape index (κ2) is 7.45. The Kier molecular flexibility index (Phi) is 5.32. The monoisotopic (exact) mass is 272 g/mol. The van der Waals surface area contributed by atoms with Gasteiger partial charge in [0.1, 0.15) is 0 Å². The third-order valence-electron chi connectivity index (χ3n) is 3.00. The summed E-state index contributed by atoms with van der Waals surface area (Å²) in [4.78, 5) is 11.7. The highest BCUT2D eigenvalue weighted by Crippen LogP contribution is 2.09. The zero-order valence-electron chi connectivity index (χ0n) is 11.7. The molecule has 0 saturated carbocycles. The van der Waals surface area contributed by atoms with Gasteiger partial charge in [-0.3, -0.25) is 4.79 Å². The number of nitrogens with one attached hydrogen (secondary N) is 2. The van der Waals surface area contributed by atoms with E-state index in [4.69, 9.17) is 0 Å². The highest BCUT2D eigenvalue weighted by Gasteiger charge is 2.03. The van der Waals surface area contributed by atoms with Gasteiger partial charge in [0.25, 0.3) is 0 Å². The maximum Gasteiger partial charge on any atom is 0.224 e. The number of carbonyl (C=O) groups excluding carboxylic acids is 1. The van der Waals surface area contributed by atoms with Crippen LogP contribution in [-0.2, 0) is 11.2 Å². The predicted molar refractivity (Wildman–Crippen MR) is 78.8 cm³/mol. The van der Waals surface area contributed by atoms with Gasteiger partial charge in [0.15, 0.2) is 0 Å². The Hall–Kier alpha value is -2.14. The molecular formula is C15H20N4O. The minimum absolute atomic E-state index is 0.0629. The number of hydrogen-bond donors (Lipinski definition) is 2. The summed E-state index contributed by atoms with van der Waals surface area (Å²) in [7, 11) is 1.91. The minimum Gasteiger partial charge on any atom is -0.356 e. The molecule has 0 aliphatic carbocycles. The summed E-state index contributed by atoms with van der Waals surface area (Å²) in [6.07, 6.45) is 5.00. The van der Waals surface area contributed by atoms with Gasteiger partial charge in [-0.2, -0.15) is 5.10 Å². The van der Waals surface area contributed by atoms with Crippen molar-refractivity contribution in [3.8, 4) is 5.69 Å². The zero-order valence-corrected chi connectivity index (χ0v) is 11.7. The molecule has 0 radical (unpaired) electrons. The summed E-state index contributed by atoms with van der Waals surface area (Å²) < 4.78 is 1.79.